The van der Waals surface area contributed by atoms with Gasteiger partial charge in [-0.05, 0) is 37.8 Å². The molecular weight excluding hydrogens is 208 g/mol. The molecule has 1 aromatic heterocycles. The zero-order valence-corrected chi connectivity index (χ0v) is 9.37. The average molecular weight is 223 g/mol. The molecule has 0 fully saturated rings. The molecule has 2 rings (SSSR count). The highest BCUT2D eigenvalue weighted by molar-refractivity contribution is 6.30. The summed E-state index contributed by atoms with van der Waals surface area (Å²) < 4.78 is 0. The lowest BCUT2D eigenvalue weighted by Gasteiger charge is -2.19. The third kappa shape index (κ3) is 2.58. The maximum absolute atomic E-state index is 6.15. The lowest BCUT2D eigenvalue weighted by Crippen LogP contribution is -2.16. The van der Waals surface area contributed by atoms with Gasteiger partial charge in [0, 0.05) is 6.20 Å². The summed E-state index contributed by atoms with van der Waals surface area (Å²) in [4.78, 5) is 4.26. The van der Waals surface area contributed by atoms with Crippen LogP contribution in [0.5, 0.6) is 0 Å². The highest BCUT2D eigenvalue weighted by Crippen LogP contribution is 2.27. The fraction of sp³-hybridized carbons (Fsp3) is 0.417. The smallest absolute Gasteiger partial charge is 0.0685 e. The molecule has 1 unspecified atom stereocenters. The summed E-state index contributed by atoms with van der Waals surface area (Å²) in [5.74, 6) is 0. The van der Waals surface area contributed by atoms with Gasteiger partial charge in [0.1, 0.15) is 0 Å². The lowest BCUT2D eigenvalue weighted by atomic mass is 9.92. The molecule has 1 heterocycles. The minimum absolute atomic E-state index is 0.0532. The predicted molar refractivity (Wildman–Crippen MR) is 62.7 cm³/mol. The number of rotatable bonds is 2. The van der Waals surface area contributed by atoms with E-state index in [2.05, 4.69) is 11.1 Å². The van der Waals surface area contributed by atoms with Gasteiger partial charge >= 0.3 is 0 Å². The molecule has 0 spiro atoms. The van der Waals surface area contributed by atoms with Gasteiger partial charge in [0.25, 0.3) is 0 Å². The van der Waals surface area contributed by atoms with Crippen LogP contribution in [0.15, 0.2) is 30.0 Å². The monoisotopic (exact) mass is 222 g/mol. The standard InChI is InChI=1S/C12H15ClN2/c13-10-6-7-11(15-8-10)12(14)9-4-2-1-3-5-9/h4,6-8,12H,1-3,5,14H2. The summed E-state index contributed by atoms with van der Waals surface area (Å²) in [7, 11) is 0. The summed E-state index contributed by atoms with van der Waals surface area (Å²) in [5.41, 5.74) is 8.37. The van der Waals surface area contributed by atoms with Crippen molar-refractivity contribution in [2.75, 3.05) is 0 Å². The molecule has 0 amide bonds. The molecule has 0 aliphatic heterocycles. The van der Waals surface area contributed by atoms with E-state index < -0.39 is 0 Å². The second-order valence-electron chi connectivity index (χ2n) is 3.90. The third-order valence-electron chi connectivity index (χ3n) is 2.79. The number of halogens is 1. The van der Waals surface area contributed by atoms with Crippen molar-refractivity contribution in [3.05, 3.63) is 40.7 Å². The second kappa shape index (κ2) is 4.77. The van der Waals surface area contributed by atoms with Gasteiger partial charge in [0.05, 0.1) is 16.8 Å². The summed E-state index contributed by atoms with van der Waals surface area (Å²) in [5, 5.41) is 0.656. The van der Waals surface area contributed by atoms with Gasteiger partial charge in [0.2, 0.25) is 0 Å². The maximum Gasteiger partial charge on any atom is 0.0685 e. The van der Waals surface area contributed by atoms with Crippen LogP contribution >= 0.6 is 11.6 Å². The Morgan fingerprint density at radius 1 is 1.33 bits per heavy atom. The molecule has 2 N–H and O–H groups in total. The Morgan fingerprint density at radius 2 is 2.20 bits per heavy atom. The lowest BCUT2D eigenvalue weighted by molar-refractivity contribution is 0.641. The van der Waals surface area contributed by atoms with Gasteiger partial charge in [-0.3, -0.25) is 4.98 Å². The van der Waals surface area contributed by atoms with Crippen molar-refractivity contribution in [1.82, 2.24) is 4.98 Å². The molecule has 0 radical (unpaired) electrons. The SMILES string of the molecule is NC(C1=CCCCC1)c1ccc(Cl)cn1. The van der Waals surface area contributed by atoms with E-state index >= 15 is 0 Å². The fourth-order valence-corrected chi connectivity index (χ4v) is 2.02. The van der Waals surface area contributed by atoms with Crippen molar-refractivity contribution in [3.63, 3.8) is 0 Å². The van der Waals surface area contributed by atoms with Gasteiger partial charge in [-0.15, -0.1) is 0 Å². The Labute approximate surface area is 95.2 Å². The highest BCUT2D eigenvalue weighted by Gasteiger charge is 2.14. The minimum Gasteiger partial charge on any atom is -0.319 e. The second-order valence-corrected chi connectivity index (χ2v) is 4.34. The molecular formula is C12H15ClN2. The molecule has 0 saturated carbocycles. The van der Waals surface area contributed by atoms with E-state index in [1.54, 1.807) is 6.20 Å². The van der Waals surface area contributed by atoms with E-state index in [-0.39, 0.29) is 6.04 Å². The zero-order chi connectivity index (χ0) is 10.7. The fourth-order valence-electron chi connectivity index (χ4n) is 1.91. The van der Waals surface area contributed by atoms with E-state index in [1.807, 2.05) is 12.1 Å². The number of aromatic nitrogens is 1. The summed E-state index contributed by atoms with van der Waals surface area (Å²) in [6.07, 6.45) is 8.68. The molecule has 0 saturated heterocycles. The number of pyridine rings is 1. The van der Waals surface area contributed by atoms with Crippen LogP contribution in [0.1, 0.15) is 37.4 Å². The molecule has 1 atom stereocenters. The molecule has 1 aliphatic carbocycles. The Balaban J connectivity index is 2.16. The van der Waals surface area contributed by atoms with Crippen molar-refractivity contribution in [3.8, 4) is 0 Å². The van der Waals surface area contributed by atoms with Crippen LogP contribution in [0.3, 0.4) is 0 Å². The van der Waals surface area contributed by atoms with Crippen molar-refractivity contribution >= 4 is 11.6 Å². The van der Waals surface area contributed by atoms with E-state index in [1.165, 1.54) is 18.4 Å². The van der Waals surface area contributed by atoms with Crippen LogP contribution in [0.25, 0.3) is 0 Å². The van der Waals surface area contributed by atoms with Gasteiger partial charge < -0.3 is 5.73 Å². The maximum atomic E-state index is 6.15. The first-order valence-corrected chi connectivity index (χ1v) is 5.71. The summed E-state index contributed by atoms with van der Waals surface area (Å²) in [6, 6.07) is 3.69. The topological polar surface area (TPSA) is 38.9 Å². The number of allylic oxidation sites excluding steroid dienone is 1. The van der Waals surface area contributed by atoms with Gasteiger partial charge in [-0.1, -0.05) is 23.3 Å². The van der Waals surface area contributed by atoms with E-state index in [4.69, 9.17) is 17.3 Å². The highest BCUT2D eigenvalue weighted by atomic mass is 35.5. The number of nitrogens with two attached hydrogens (primary N) is 1. The molecule has 80 valence electrons. The van der Waals surface area contributed by atoms with Crippen LogP contribution in [0, 0.1) is 0 Å². The first-order chi connectivity index (χ1) is 7.27. The molecule has 1 aromatic rings. The largest absolute Gasteiger partial charge is 0.319 e. The first kappa shape index (κ1) is 10.7. The number of hydrogen-bond donors (Lipinski definition) is 1. The van der Waals surface area contributed by atoms with E-state index in [0.717, 1.165) is 18.5 Å². The van der Waals surface area contributed by atoms with Crippen molar-refractivity contribution < 1.29 is 0 Å². The van der Waals surface area contributed by atoms with E-state index in [9.17, 15) is 0 Å². The molecule has 3 heteroatoms. The van der Waals surface area contributed by atoms with Crippen LogP contribution in [0.4, 0.5) is 0 Å². The molecule has 15 heavy (non-hydrogen) atoms. The van der Waals surface area contributed by atoms with Gasteiger partial charge in [-0.2, -0.15) is 0 Å². The normalized spacial score (nSPS) is 18.4. The van der Waals surface area contributed by atoms with Crippen LogP contribution in [-0.2, 0) is 0 Å². The quantitative estimate of drug-likeness (QED) is 0.781. The van der Waals surface area contributed by atoms with Crippen molar-refractivity contribution in [2.24, 2.45) is 5.73 Å². The molecule has 1 aliphatic rings. The predicted octanol–water partition coefficient (Wildman–Crippen LogP) is 3.24. The minimum atomic E-state index is -0.0532. The first-order valence-electron chi connectivity index (χ1n) is 5.33. The summed E-state index contributed by atoms with van der Waals surface area (Å²) >= 11 is 5.78. The Hall–Kier alpha value is -0.860. The number of nitrogens with zero attached hydrogens (tertiary/aromatic N) is 1. The van der Waals surface area contributed by atoms with Gasteiger partial charge in [-0.25, -0.2) is 0 Å². The average Bonchev–Trinajstić information content (AvgIpc) is 2.30. The van der Waals surface area contributed by atoms with Crippen LogP contribution in [-0.4, -0.2) is 4.98 Å². The Morgan fingerprint density at radius 3 is 2.80 bits per heavy atom. The third-order valence-corrected chi connectivity index (χ3v) is 3.02. The Kier molecular flexibility index (Phi) is 3.39. The molecule has 0 bridgehead atoms. The van der Waals surface area contributed by atoms with Crippen molar-refractivity contribution in [2.45, 2.75) is 31.7 Å². The van der Waals surface area contributed by atoms with E-state index in [0.29, 0.717) is 5.02 Å². The Bertz CT molecular complexity index is 356. The zero-order valence-electron chi connectivity index (χ0n) is 8.62. The van der Waals surface area contributed by atoms with Crippen LogP contribution < -0.4 is 5.73 Å². The molecule has 0 aromatic carbocycles. The van der Waals surface area contributed by atoms with Crippen LogP contribution in [0.2, 0.25) is 5.02 Å². The molecule has 2 nitrogen and oxygen atoms in total. The summed E-state index contributed by atoms with van der Waals surface area (Å²) in [6.45, 7) is 0. The van der Waals surface area contributed by atoms with Gasteiger partial charge in [0.15, 0.2) is 0 Å². The van der Waals surface area contributed by atoms with Crippen molar-refractivity contribution in [1.29, 1.82) is 0 Å². The number of hydrogen-bond acceptors (Lipinski definition) is 2.